The smallest absolute Gasteiger partial charge is 0.335 e. The second-order valence-corrected chi connectivity index (χ2v) is 5.73. The molecule has 1 aromatic rings. The van der Waals surface area contributed by atoms with Crippen LogP contribution in [0.2, 0.25) is 5.02 Å². The van der Waals surface area contributed by atoms with Crippen LogP contribution in [0.5, 0.6) is 0 Å². The van der Waals surface area contributed by atoms with Crippen molar-refractivity contribution in [1.29, 1.82) is 0 Å². The quantitative estimate of drug-likeness (QED) is 0.891. The zero-order valence-electron chi connectivity index (χ0n) is 12.1. The van der Waals surface area contributed by atoms with Crippen LogP contribution >= 0.6 is 11.6 Å². The Morgan fingerprint density at radius 2 is 2.14 bits per heavy atom. The van der Waals surface area contributed by atoms with Gasteiger partial charge in [0.15, 0.2) is 0 Å². The summed E-state index contributed by atoms with van der Waals surface area (Å²) in [6.07, 6.45) is 2.93. The maximum atomic E-state index is 12.4. The number of nitrogens with zero attached hydrogens (tertiary/aromatic N) is 1. The van der Waals surface area contributed by atoms with Gasteiger partial charge in [-0.2, -0.15) is 0 Å². The molecule has 0 radical (unpaired) electrons. The summed E-state index contributed by atoms with van der Waals surface area (Å²) in [7, 11) is 0. The van der Waals surface area contributed by atoms with Crippen LogP contribution in [0.25, 0.3) is 0 Å². The summed E-state index contributed by atoms with van der Waals surface area (Å²) >= 11 is 6.03. The minimum atomic E-state index is -1.05. The average Bonchev–Trinajstić information content (AvgIpc) is 2.81. The Bertz CT molecular complexity index is 562. The third-order valence-corrected chi connectivity index (χ3v) is 4.26. The first-order valence-corrected chi connectivity index (χ1v) is 7.44. The highest BCUT2D eigenvalue weighted by Gasteiger charge is 2.33. The van der Waals surface area contributed by atoms with Gasteiger partial charge in [0.05, 0.1) is 16.3 Å². The number of likely N-dealkylation sites (tertiary alicyclic amines) is 1. The molecule has 1 saturated heterocycles. The van der Waals surface area contributed by atoms with Crippen molar-refractivity contribution < 1.29 is 14.7 Å². The van der Waals surface area contributed by atoms with Crippen LogP contribution < -0.4 is 5.32 Å². The van der Waals surface area contributed by atoms with E-state index in [1.165, 1.54) is 18.2 Å². The molecule has 6 heteroatoms. The second-order valence-electron chi connectivity index (χ2n) is 5.33. The van der Waals surface area contributed by atoms with E-state index in [1.54, 1.807) is 0 Å². The van der Waals surface area contributed by atoms with Crippen molar-refractivity contribution in [3.05, 3.63) is 28.8 Å². The highest BCUT2D eigenvalue weighted by atomic mass is 35.5. The lowest BCUT2D eigenvalue weighted by atomic mass is 10.2. The molecule has 1 heterocycles. The van der Waals surface area contributed by atoms with Gasteiger partial charge >= 0.3 is 12.0 Å². The summed E-state index contributed by atoms with van der Waals surface area (Å²) in [6, 6.07) is 4.55. The number of carbonyl (C=O) groups excluding carboxylic acids is 1. The van der Waals surface area contributed by atoms with Gasteiger partial charge in [-0.05, 0) is 44.4 Å². The summed E-state index contributed by atoms with van der Waals surface area (Å²) in [5.74, 6) is -1.05. The van der Waals surface area contributed by atoms with Crippen LogP contribution in [0.15, 0.2) is 18.2 Å². The van der Waals surface area contributed by atoms with Crippen LogP contribution in [0.3, 0.4) is 0 Å². The van der Waals surface area contributed by atoms with E-state index >= 15 is 0 Å². The third kappa shape index (κ3) is 3.29. The Hall–Kier alpha value is -1.75. The average molecular weight is 311 g/mol. The van der Waals surface area contributed by atoms with E-state index in [9.17, 15) is 9.59 Å². The number of halogens is 1. The maximum absolute atomic E-state index is 12.4. The molecular weight excluding hydrogens is 292 g/mol. The SMILES string of the molecule is CCC1CCC(C)N1C(=O)Nc1ccc(C(=O)O)cc1Cl. The number of carboxylic acid groups (broad SMARTS) is 1. The fourth-order valence-corrected chi connectivity index (χ4v) is 3.00. The van der Waals surface area contributed by atoms with Gasteiger partial charge in [0.2, 0.25) is 0 Å². The maximum Gasteiger partial charge on any atom is 0.335 e. The number of rotatable bonds is 3. The molecule has 0 bridgehead atoms. The number of hydrogen-bond donors (Lipinski definition) is 2. The summed E-state index contributed by atoms with van der Waals surface area (Å²) in [6.45, 7) is 4.10. The molecule has 0 saturated carbocycles. The number of benzene rings is 1. The number of anilines is 1. The minimum Gasteiger partial charge on any atom is -0.478 e. The standard InChI is InChI=1S/C15H19ClN2O3/c1-3-11-6-4-9(2)18(11)15(21)17-13-7-5-10(14(19)20)8-12(13)16/h5,7-9,11H,3-4,6H2,1-2H3,(H,17,21)(H,19,20). The van der Waals surface area contributed by atoms with E-state index in [1.807, 2.05) is 11.8 Å². The van der Waals surface area contributed by atoms with E-state index in [-0.39, 0.29) is 28.7 Å². The van der Waals surface area contributed by atoms with Crippen LogP contribution in [-0.4, -0.2) is 34.1 Å². The van der Waals surface area contributed by atoms with Crippen molar-refractivity contribution in [1.82, 2.24) is 4.90 Å². The van der Waals surface area contributed by atoms with Crippen molar-refractivity contribution in [2.24, 2.45) is 0 Å². The highest BCUT2D eigenvalue weighted by Crippen LogP contribution is 2.28. The predicted octanol–water partition coefficient (Wildman–Crippen LogP) is 3.83. The molecule has 1 aliphatic heterocycles. The third-order valence-electron chi connectivity index (χ3n) is 3.95. The first kappa shape index (κ1) is 15.6. The highest BCUT2D eigenvalue weighted by molar-refractivity contribution is 6.34. The van der Waals surface area contributed by atoms with Crippen LogP contribution in [0.1, 0.15) is 43.5 Å². The van der Waals surface area contributed by atoms with Crippen molar-refractivity contribution in [3.63, 3.8) is 0 Å². The first-order chi connectivity index (χ1) is 9.93. The number of hydrogen-bond acceptors (Lipinski definition) is 2. The Morgan fingerprint density at radius 3 is 2.71 bits per heavy atom. The summed E-state index contributed by atoms with van der Waals surface area (Å²) in [4.78, 5) is 25.1. The minimum absolute atomic E-state index is 0.0963. The molecule has 2 N–H and O–H groups in total. The largest absolute Gasteiger partial charge is 0.478 e. The fraction of sp³-hybridized carbons (Fsp3) is 0.467. The lowest BCUT2D eigenvalue weighted by Crippen LogP contribution is -2.42. The molecule has 114 valence electrons. The molecule has 2 unspecified atom stereocenters. The van der Waals surface area contributed by atoms with Gasteiger partial charge in [-0.1, -0.05) is 18.5 Å². The normalized spacial score (nSPS) is 21.4. The number of amides is 2. The second kappa shape index (κ2) is 6.35. The summed E-state index contributed by atoms with van der Waals surface area (Å²) < 4.78 is 0. The monoisotopic (exact) mass is 310 g/mol. The molecule has 1 aliphatic rings. The van der Waals surface area contributed by atoms with E-state index in [2.05, 4.69) is 12.2 Å². The molecule has 0 aromatic heterocycles. The van der Waals surface area contributed by atoms with E-state index in [0.717, 1.165) is 19.3 Å². The van der Waals surface area contributed by atoms with Gasteiger partial charge in [-0.15, -0.1) is 0 Å². The zero-order chi connectivity index (χ0) is 15.6. The van der Waals surface area contributed by atoms with Crippen LogP contribution in [0, 0.1) is 0 Å². The van der Waals surface area contributed by atoms with Gasteiger partial charge < -0.3 is 15.3 Å². The number of carboxylic acids is 1. The topological polar surface area (TPSA) is 69.6 Å². The molecule has 1 aromatic carbocycles. The van der Waals surface area contributed by atoms with Crippen LogP contribution in [-0.2, 0) is 0 Å². The molecule has 0 aliphatic carbocycles. The number of aromatic carboxylic acids is 1. The van der Waals surface area contributed by atoms with E-state index in [0.29, 0.717) is 5.69 Å². The van der Waals surface area contributed by atoms with Gasteiger partial charge in [0.1, 0.15) is 0 Å². The van der Waals surface area contributed by atoms with Gasteiger partial charge in [0, 0.05) is 12.1 Å². The molecule has 0 spiro atoms. The molecular formula is C15H19ClN2O3. The zero-order valence-corrected chi connectivity index (χ0v) is 12.9. The van der Waals surface area contributed by atoms with Crippen LogP contribution in [0.4, 0.5) is 10.5 Å². The molecule has 5 nitrogen and oxygen atoms in total. The molecule has 1 fully saturated rings. The Balaban J connectivity index is 2.14. The lowest BCUT2D eigenvalue weighted by molar-refractivity contribution is 0.0697. The molecule has 2 rings (SSSR count). The van der Waals surface area contributed by atoms with Crippen molar-refractivity contribution in [2.75, 3.05) is 5.32 Å². The van der Waals surface area contributed by atoms with Crippen molar-refractivity contribution in [2.45, 2.75) is 45.2 Å². The Kier molecular flexibility index (Phi) is 4.73. The summed E-state index contributed by atoms with van der Waals surface area (Å²) in [5.41, 5.74) is 0.527. The van der Waals surface area contributed by atoms with Crippen molar-refractivity contribution in [3.8, 4) is 0 Å². The number of nitrogens with one attached hydrogen (secondary N) is 1. The first-order valence-electron chi connectivity index (χ1n) is 7.06. The van der Waals surface area contributed by atoms with Gasteiger partial charge in [-0.3, -0.25) is 0 Å². The number of carbonyl (C=O) groups is 2. The molecule has 2 atom stereocenters. The van der Waals surface area contributed by atoms with Gasteiger partial charge in [0.25, 0.3) is 0 Å². The fourth-order valence-electron chi connectivity index (χ4n) is 2.77. The Labute approximate surface area is 128 Å². The van der Waals surface area contributed by atoms with E-state index in [4.69, 9.17) is 16.7 Å². The lowest BCUT2D eigenvalue weighted by Gasteiger charge is -2.28. The van der Waals surface area contributed by atoms with Gasteiger partial charge in [-0.25, -0.2) is 9.59 Å². The molecule has 21 heavy (non-hydrogen) atoms. The summed E-state index contributed by atoms with van der Waals surface area (Å²) in [5, 5.41) is 11.9. The number of urea groups is 1. The van der Waals surface area contributed by atoms with E-state index < -0.39 is 5.97 Å². The van der Waals surface area contributed by atoms with Crippen molar-refractivity contribution >= 4 is 29.3 Å². The predicted molar refractivity (Wildman–Crippen MR) is 82.0 cm³/mol. The Morgan fingerprint density at radius 1 is 1.43 bits per heavy atom. The molecule has 2 amide bonds.